The van der Waals surface area contributed by atoms with E-state index in [-0.39, 0.29) is 10.9 Å². The highest BCUT2D eigenvalue weighted by molar-refractivity contribution is 7.97. The molecule has 4 bridgehead atoms. The van der Waals surface area contributed by atoms with Crippen molar-refractivity contribution >= 4 is 16.9 Å². The highest BCUT2D eigenvalue weighted by Gasteiger charge is 2.51. The van der Waals surface area contributed by atoms with Gasteiger partial charge in [-0.25, -0.2) is 0 Å². The predicted octanol–water partition coefficient (Wildman–Crippen LogP) is 11.4. The van der Waals surface area contributed by atoms with Gasteiger partial charge in [-0.2, -0.15) is 0 Å². The Morgan fingerprint density at radius 1 is 0.580 bits per heavy atom. The first-order chi connectivity index (χ1) is 24.3. The van der Waals surface area contributed by atoms with Gasteiger partial charge in [0.2, 0.25) is 0 Å². The fraction of sp³-hybridized carbons (Fsp3) is 0.596. The number of aryl methyl sites for hydroxylation is 6. The minimum Gasteiger partial charge on any atom is -0.550 e. The number of hydrogen-bond acceptors (Lipinski definition) is 2. The van der Waals surface area contributed by atoms with Gasteiger partial charge < -0.3 is 9.90 Å². The molecule has 4 aliphatic rings. The first-order valence-corrected chi connectivity index (χ1v) is 21.8. The smallest absolute Gasteiger partial charge is 0.172 e. The van der Waals surface area contributed by atoms with E-state index in [4.69, 9.17) is 0 Å². The minimum atomic E-state index is -0.758. The van der Waals surface area contributed by atoms with E-state index in [2.05, 4.69) is 96.1 Å². The first-order valence-electron chi connectivity index (χ1n) is 20.6. The maximum absolute atomic E-state index is 11.1. The molecule has 0 atom stereocenters. The number of hydrogen-bond donors (Lipinski definition) is 0. The molecule has 3 aromatic carbocycles. The van der Waals surface area contributed by atoms with E-state index in [0.29, 0.717) is 17.8 Å². The summed E-state index contributed by atoms with van der Waals surface area (Å²) < 4.78 is 0. The molecule has 3 heteroatoms. The standard InChI is InChI=1S/C36H51S.C11H16O2/c1-7-16-28-24-30(18-9-3)35(31(25-28)19-10-4)37(34-22-14-13-15-23-34)36-32(20-11-5)26-29(17-8-2)27-33(36)21-12-6;12-10(13)11-4-7-1-8(5-11)3-9(2-7)6-11/h13-15,22-27H,7-12,16-21H2,1-6H3;7-9H,1-6H2,(H,12,13)/q+1;/p-1. The summed E-state index contributed by atoms with van der Waals surface area (Å²) in [5.74, 6) is 1.38. The van der Waals surface area contributed by atoms with Crippen molar-refractivity contribution in [1.29, 1.82) is 0 Å². The number of benzene rings is 3. The Bertz CT molecular complexity index is 1380. The first kappa shape index (κ1) is 38.7. The molecule has 0 N–H and O–H groups in total. The molecule has 7 rings (SSSR count). The quantitative estimate of drug-likeness (QED) is 0.140. The van der Waals surface area contributed by atoms with Crippen molar-refractivity contribution in [2.24, 2.45) is 23.2 Å². The van der Waals surface area contributed by atoms with E-state index in [1.54, 1.807) is 32.0 Å². The van der Waals surface area contributed by atoms with Crippen LogP contribution < -0.4 is 5.11 Å². The molecule has 0 heterocycles. The average Bonchev–Trinajstić information content (AvgIpc) is 3.08. The molecular weight excluding hydrogens is 629 g/mol. The maximum atomic E-state index is 11.1. The van der Waals surface area contributed by atoms with Crippen molar-refractivity contribution < 1.29 is 9.90 Å². The second-order valence-corrected chi connectivity index (χ2v) is 18.0. The van der Waals surface area contributed by atoms with Crippen molar-refractivity contribution in [3.63, 3.8) is 0 Å². The van der Waals surface area contributed by atoms with Gasteiger partial charge in [0.1, 0.15) is 10.9 Å². The van der Waals surface area contributed by atoms with E-state index < -0.39 is 11.4 Å². The number of carboxylic acid groups (broad SMARTS) is 1. The van der Waals surface area contributed by atoms with Gasteiger partial charge in [0, 0.05) is 33.6 Å². The monoisotopic (exact) mass is 694 g/mol. The summed E-state index contributed by atoms with van der Waals surface area (Å²) in [4.78, 5) is 15.9. The largest absolute Gasteiger partial charge is 0.550 e. The third-order valence-electron chi connectivity index (χ3n) is 11.6. The molecular formula is C47H66O2S. The van der Waals surface area contributed by atoms with E-state index in [9.17, 15) is 9.90 Å². The lowest BCUT2D eigenvalue weighted by molar-refractivity contribution is -0.327. The Hall–Kier alpha value is -2.52. The summed E-state index contributed by atoms with van der Waals surface area (Å²) in [5, 5.41) is 11.1. The van der Waals surface area contributed by atoms with Crippen LogP contribution in [0.5, 0.6) is 0 Å². The van der Waals surface area contributed by atoms with Crippen LogP contribution >= 0.6 is 0 Å². The third-order valence-corrected chi connectivity index (χ3v) is 14.2. The molecule has 0 aliphatic heterocycles. The molecule has 4 saturated carbocycles. The number of carbonyl (C=O) groups is 1. The number of carbonyl (C=O) groups excluding carboxylic acids is 1. The molecule has 0 radical (unpaired) electrons. The normalized spacial score (nSPS) is 22.1. The Balaban J connectivity index is 0.000000306. The van der Waals surface area contributed by atoms with Crippen LogP contribution in [0, 0.1) is 23.2 Å². The van der Waals surface area contributed by atoms with Crippen LogP contribution in [0.3, 0.4) is 0 Å². The van der Waals surface area contributed by atoms with Gasteiger partial charge in [-0.1, -0.05) is 123 Å². The summed E-state index contributed by atoms with van der Waals surface area (Å²) >= 11 is 0. The molecule has 0 unspecified atom stereocenters. The Morgan fingerprint density at radius 3 is 1.22 bits per heavy atom. The van der Waals surface area contributed by atoms with E-state index in [0.717, 1.165) is 19.3 Å². The Morgan fingerprint density at radius 2 is 0.920 bits per heavy atom. The van der Waals surface area contributed by atoms with Crippen molar-refractivity contribution in [2.45, 2.75) is 172 Å². The molecule has 4 aliphatic carbocycles. The van der Waals surface area contributed by atoms with Gasteiger partial charge in [-0.05, 0) is 118 Å². The zero-order valence-electron chi connectivity index (χ0n) is 32.4. The fourth-order valence-corrected chi connectivity index (χ4v) is 12.9. The lowest BCUT2D eigenvalue weighted by Gasteiger charge is -2.57. The highest BCUT2D eigenvalue weighted by Crippen LogP contribution is 2.59. The van der Waals surface area contributed by atoms with Crippen LogP contribution in [0.4, 0.5) is 0 Å². The van der Waals surface area contributed by atoms with Crippen LogP contribution in [0.1, 0.15) is 152 Å². The van der Waals surface area contributed by atoms with Crippen LogP contribution in [-0.2, 0) is 54.2 Å². The Labute approximate surface area is 308 Å². The van der Waals surface area contributed by atoms with E-state index in [1.807, 2.05) is 0 Å². The van der Waals surface area contributed by atoms with Gasteiger partial charge in [0.15, 0.2) is 14.7 Å². The summed E-state index contributed by atoms with van der Waals surface area (Å²) in [6.07, 6.45) is 20.9. The summed E-state index contributed by atoms with van der Waals surface area (Å²) in [7, 11) is -0.0912. The zero-order chi connectivity index (χ0) is 35.7. The molecule has 2 nitrogen and oxygen atoms in total. The fourth-order valence-electron chi connectivity index (χ4n) is 10.1. The predicted molar refractivity (Wildman–Crippen MR) is 211 cm³/mol. The molecule has 0 aromatic heterocycles. The lowest BCUT2D eigenvalue weighted by Crippen LogP contribution is -2.54. The maximum Gasteiger partial charge on any atom is 0.172 e. The summed E-state index contributed by atoms with van der Waals surface area (Å²) in [5.41, 5.74) is 9.09. The van der Waals surface area contributed by atoms with Gasteiger partial charge in [0.25, 0.3) is 0 Å². The molecule has 3 aromatic rings. The van der Waals surface area contributed by atoms with Gasteiger partial charge in [-0.3, -0.25) is 0 Å². The topological polar surface area (TPSA) is 40.1 Å². The van der Waals surface area contributed by atoms with E-state index in [1.165, 1.54) is 112 Å². The van der Waals surface area contributed by atoms with Gasteiger partial charge in [0.05, 0.1) is 0 Å². The van der Waals surface area contributed by atoms with Crippen LogP contribution in [0.25, 0.3) is 0 Å². The van der Waals surface area contributed by atoms with Crippen LogP contribution in [0.15, 0.2) is 69.3 Å². The van der Waals surface area contributed by atoms with E-state index >= 15 is 0 Å². The molecule has 4 fully saturated rings. The van der Waals surface area contributed by atoms with Crippen LogP contribution in [0.2, 0.25) is 0 Å². The lowest BCUT2D eigenvalue weighted by atomic mass is 9.49. The highest BCUT2D eigenvalue weighted by atomic mass is 32.2. The third kappa shape index (κ3) is 8.91. The second kappa shape index (κ2) is 18.3. The molecule has 0 saturated heterocycles. The minimum absolute atomic E-state index is 0.0912. The SMILES string of the molecule is CCCc1cc(CCC)c([S+](c2ccccc2)c2c(CCC)cc(CCC)cc2CCC)c(CCC)c1.O=C([O-])C12CC3CC(CC(C3)C1)C2. The zero-order valence-corrected chi connectivity index (χ0v) is 33.2. The molecule has 50 heavy (non-hydrogen) atoms. The summed E-state index contributed by atoms with van der Waals surface area (Å²) in [6.45, 7) is 14.0. The van der Waals surface area contributed by atoms with Crippen molar-refractivity contribution in [3.8, 4) is 0 Å². The molecule has 0 amide bonds. The average molecular weight is 695 g/mol. The number of rotatable bonds is 16. The molecule has 0 spiro atoms. The van der Waals surface area contributed by atoms with Crippen molar-refractivity contribution in [2.75, 3.05) is 0 Å². The van der Waals surface area contributed by atoms with Gasteiger partial charge >= 0.3 is 0 Å². The van der Waals surface area contributed by atoms with Crippen molar-refractivity contribution in [1.82, 2.24) is 0 Å². The van der Waals surface area contributed by atoms with Crippen LogP contribution in [-0.4, -0.2) is 5.97 Å². The number of carboxylic acids is 1. The second-order valence-electron chi connectivity index (χ2n) is 16.1. The van der Waals surface area contributed by atoms with Gasteiger partial charge in [-0.15, -0.1) is 0 Å². The molecule has 272 valence electrons. The van der Waals surface area contributed by atoms with Crippen molar-refractivity contribution in [3.05, 3.63) is 88.0 Å². The Kier molecular flexibility index (Phi) is 14.2. The summed E-state index contributed by atoms with van der Waals surface area (Å²) in [6, 6.07) is 21.8. The number of aliphatic carboxylic acids is 1.